The predicted molar refractivity (Wildman–Crippen MR) is 118 cm³/mol. The van der Waals surface area contributed by atoms with Crippen molar-refractivity contribution < 1.29 is 19.4 Å². The van der Waals surface area contributed by atoms with Gasteiger partial charge in [0, 0.05) is 11.4 Å². The third-order valence-electron chi connectivity index (χ3n) is 5.73. The second-order valence-corrected chi connectivity index (χ2v) is 9.42. The first-order chi connectivity index (χ1) is 14.6. The molecule has 0 unspecified atom stereocenters. The Kier molecular flexibility index (Phi) is 5.39. The summed E-state index contributed by atoms with van der Waals surface area (Å²) >= 11 is 0. The van der Waals surface area contributed by atoms with Gasteiger partial charge in [0.25, 0.3) is 5.89 Å². The average Bonchev–Trinajstić information content (AvgIpc) is 3.14. The fraction of sp³-hybridized carbons (Fsp3) is 0.522. The van der Waals surface area contributed by atoms with Gasteiger partial charge in [0.05, 0.1) is 24.3 Å². The molecule has 1 aliphatic carbocycles. The van der Waals surface area contributed by atoms with E-state index < -0.39 is 5.60 Å². The summed E-state index contributed by atoms with van der Waals surface area (Å²) in [5.41, 5.74) is 2.51. The Hall–Kier alpha value is -2.71. The summed E-state index contributed by atoms with van der Waals surface area (Å²) in [5, 5.41) is 31.5. The number of nitrogens with one attached hydrogen (secondary N) is 1. The molecule has 31 heavy (non-hydrogen) atoms. The van der Waals surface area contributed by atoms with Crippen molar-refractivity contribution in [3.8, 4) is 17.3 Å². The van der Waals surface area contributed by atoms with Crippen molar-refractivity contribution in [2.24, 2.45) is 0 Å². The van der Waals surface area contributed by atoms with E-state index in [4.69, 9.17) is 14.1 Å². The van der Waals surface area contributed by atoms with Crippen molar-refractivity contribution in [1.82, 2.24) is 15.2 Å². The van der Waals surface area contributed by atoms with E-state index in [9.17, 15) is 10.2 Å². The van der Waals surface area contributed by atoms with E-state index in [1.807, 2.05) is 26.0 Å². The van der Waals surface area contributed by atoms with Crippen LogP contribution < -0.4 is 10.1 Å². The van der Waals surface area contributed by atoms with Crippen LogP contribution in [0, 0.1) is 6.92 Å². The fourth-order valence-electron chi connectivity index (χ4n) is 4.04. The number of hydrogen-bond donors (Lipinski definition) is 3. The molecule has 0 aliphatic heterocycles. The Balaban J connectivity index is 1.68. The van der Waals surface area contributed by atoms with E-state index in [2.05, 4.69) is 42.4 Å². The Labute approximate surface area is 181 Å². The molecule has 1 saturated carbocycles. The molecule has 166 valence electrons. The van der Waals surface area contributed by atoms with Crippen LogP contribution in [0.1, 0.15) is 51.7 Å². The maximum atomic E-state index is 9.95. The lowest BCUT2D eigenvalue weighted by atomic mass is 9.76. The number of pyridine rings is 1. The van der Waals surface area contributed by atoms with Gasteiger partial charge in [-0.2, -0.15) is 0 Å². The lowest BCUT2D eigenvalue weighted by molar-refractivity contribution is -0.0806. The Morgan fingerprint density at radius 3 is 2.61 bits per heavy atom. The molecule has 2 heterocycles. The highest BCUT2D eigenvalue weighted by Gasteiger charge is 2.42. The van der Waals surface area contributed by atoms with E-state index in [0.29, 0.717) is 31.0 Å². The quantitative estimate of drug-likeness (QED) is 0.548. The van der Waals surface area contributed by atoms with Crippen LogP contribution in [0.25, 0.3) is 22.5 Å². The summed E-state index contributed by atoms with van der Waals surface area (Å²) in [5.74, 6) is 1.17. The van der Waals surface area contributed by atoms with Crippen LogP contribution in [0.2, 0.25) is 0 Å². The number of fused-ring (bicyclic) bond motifs is 1. The van der Waals surface area contributed by atoms with Gasteiger partial charge in [-0.15, -0.1) is 5.10 Å². The Morgan fingerprint density at radius 2 is 1.97 bits per heavy atom. The van der Waals surface area contributed by atoms with Crippen LogP contribution in [0.4, 0.5) is 6.01 Å². The van der Waals surface area contributed by atoms with Crippen molar-refractivity contribution in [3.05, 3.63) is 29.3 Å². The minimum Gasteiger partial charge on any atom is -0.494 e. The highest BCUT2D eigenvalue weighted by Crippen LogP contribution is 2.37. The van der Waals surface area contributed by atoms with Crippen LogP contribution in [-0.2, 0) is 5.41 Å². The highest BCUT2D eigenvalue weighted by molar-refractivity contribution is 5.89. The van der Waals surface area contributed by atoms with Gasteiger partial charge in [0.1, 0.15) is 11.4 Å². The summed E-state index contributed by atoms with van der Waals surface area (Å²) < 4.78 is 11.6. The van der Waals surface area contributed by atoms with Gasteiger partial charge >= 0.3 is 6.01 Å². The molecule has 4 rings (SSSR count). The normalized spacial score (nSPS) is 21.2. The second kappa shape index (κ2) is 7.76. The van der Waals surface area contributed by atoms with E-state index >= 15 is 0 Å². The molecule has 1 aliphatic rings. The highest BCUT2D eigenvalue weighted by atomic mass is 16.5. The molecule has 0 bridgehead atoms. The number of aryl methyl sites for hydroxylation is 1. The predicted octanol–water partition coefficient (Wildman–Crippen LogP) is 3.59. The van der Waals surface area contributed by atoms with Crippen LogP contribution in [0.5, 0.6) is 5.75 Å². The van der Waals surface area contributed by atoms with Gasteiger partial charge in [0.15, 0.2) is 0 Å². The molecule has 3 aromatic rings. The number of nitrogens with zero attached hydrogens (tertiary/aromatic N) is 3. The van der Waals surface area contributed by atoms with Gasteiger partial charge in [-0.1, -0.05) is 25.9 Å². The lowest BCUT2D eigenvalue weighted by Gasteiger charge is -2.42. The second-order valence-electron chi connectivity index (χ2n) is 9.42. The Bertz CT molecular complexity index is 1100. The van der Waals surface area contributed by atoms with Gasteiger partial charge in [0.2, 0.25) is 0 Å². The number of benzene rings is 1. The monoisotopic (exact) mass is 426 g/mol. The third kappa shape index (κ3) is 4.22. The van der Waals surface area contributed by atoms with Gasteiger partial charge in [-0.25, -0.2) is 4.98 Å². The fourth-order valence-corrected chi connectivity index (χ4v) is 4.04. The van der Waals surface area contributed by atoms with Gasteiger partial charge < -0.3 is 24.7 Å². The molecule has 0 spiro atoms. The maximum absolute atomic E-state index is 9.95. The lowest BCUT2D eigenvalue weighted by Crippen LogP contribution is -2.53. The topological polar surface area (TPSA) is 114 Å². The van der Waals surface area contributed by atoms with Gasteiger partial charge in [-0.3, -0.25) is 0 Å². The minimum absolute atomic E-state index is 0.0128. The molecule has 0 amide bonds. The van der Waals surface area contributed by atoms with Crippen LogP contribution in [-0.4, -0.2) is 50.3 Å². The molecule has 0 atom stereocenters. The molecular formula is C23H30N4O4. The van der Waals surface area contributed by atoms with E-state index in [1.54, 1.807) is 0 Å². The summed E-state index contributed by atoms with van der Waals surface area (Å²) in [4.78, 5) is 4.88. The largest absolute Gasteiger partial charge is 0.494 e. The summed E-state index contributed by atoms with van der Waals surface area (Å²) in [7, 11) is 0. The third-order valence-corrected chi connectivity index (χ3v) is 5.73. The first-order valence-corrected chi connectivity index (χ1v) is 10.6. The van der Waals surface area contributed by atoms with Crippen molar-refractivity contribution >= 4 is 16.9 Å². The standard InChI is InChI=1S/C23H30N4O4/c1-6-30-15-8-16-13(2)7-18(25-19(16)17(9-15)22(3,4)5)20-26-27-21(31-20)24-14-10-23(29,11-14)12-28/h7-9,14,28-29H,6,10-12H2,1-5H3,(H,24,27). The van der Waals surface area contributed by atoms with Crippen molar-refractivity contribution in [3.63, 3.8) is 0 Å². The van der Waals surface area contributed by atoms with E-state index in [0.717, 1.165) is 27.8 Å². The van der Waals surface area contributed by atoms with Crippen molar-refractivity contribution in [2.75, 3.05) is 18.5 Å². The number of aromatic nitrogens is 3. The molecule has 1 fully saturated rings. The zero-order chi connectivity index (χ0) is 22.4. The zero-order valence-corrected chi connectivity index (χ0v) is 18.7. The van der Waals surface area contributed by atoms with Gasteiger partial charge in [-0.05, 0) is 61.4 Å². The molecule has 8 nitrogen and oxygen atoms in total. The maximum Gasteiger partial charge on any atom is 0.316 e. The molecular weight excluding hydrogens is 396 g/mol. The number of ether oxygens (including phenoxy) is 1. The number of rotatable bonds is 6. The zero-order valence-electron chi connectivity index (χ0n) is 18.7. The molecule has 1 aromatic carbocycles. The molecule has 0 saturated heterocycles. The van der Waals surface area contributed by atoms with Crippen LogP contribution >= 0.6 is 0 Å². The smallest absolute Gasteiger partial charge is 0.316 e. The molecule has 8 heteroatoms. The molecule has 0 radical (unpaired) electrons. The van der Waals surface area contributed by atoms with E-state index in [-0.39, 0.29) is 24.1 Å². The van der Waals surface area contributed by atoms with Crippen molar-refractivity contribution in [1.29, 1.82) is 0 Å². The van der Waals surface area contributed by atoms with Crippen molar-refractivity contribution in [2.45, 2.75) is 64.5 Å². The Morgan fingerprint density at radius 1 is 1.23 bits per heavy atom. The van der Waals surface area contributed by atoms with Crippen LogP contribution in [0.15, 0.2) is 22.6 Å². The van der Waals surface area contributed by atoms with Crippen LogP contribution in [0.3, 0.4) is 0 Å². The SMILES string of the molecule is CCOc1cc(C(C)(C)C)c2nc(-c3nnc(NC4CC(O)(CO)C4)o3)cc(C)c2c1. The summed E-state index contributed by atoms with van der Waals surface area (Å²) in [6.45, 7) is 10.8. The number of aliphatic hydroxyl groups is 2. The first-order valence-electron chi connectivity index (χ1n) is 10.6. The molecule has 3 N–H and O–H groups in total. The first kappa shape index (κ1) is 21.5. The number of aliphatic hydroxyl groups excluding tert-OH is 1. The van der Waals surface area contributed by atoms with E-state index in [1.165, 1.54) is 0 Å². The number of anilines is 1. The minimum atomic E-state index is -1.01. The average molecular weight is 427 g/mol. The summed E-state index contributed by atoms with van der Waals surface area (Å²) in [6, 6.07) is 6.29. The molecule has 2 aromatic heterocycles. The summed E-state index contributed by atoms with van der Waals surface area (Å²) in [6.07, 6.45) is 0.872. The number of hydrogen-bond acceptors (Lipinski definition) is 8.